The average Bonchev–Trinajstić information content (AvgIpc) is 3.28. The second-order valence-electron chi connectivity index (χ2n) is 18.5. The van der Waals surface area contributed by atoms with Crippen molar-refractivity contribution in [1.82, 2.24) is 40.9 Å². The second-order valence-corrected chi connectivity index (χ2v) is 20.1. The van der Waals surface area contributed by atoms with Gasteiger partial charge >= 0.3 is 39.5 Å². The highest BCUT2D eigenvalue weighted by Gasteiger charge is 2.58. The molecule has 3 aliphatic rings. The van der Waals surface area contributed by atoms with E-state index in [-0.39, 0.29) is 0 Å². The first-order valence-corrected chi connectivity index (χ1v) is 26.9. The SMILES string of the molecule is C1CCNCCCCNCCNCCCCNC1.CC(=O)OC[C@H]1O[C@@H](OC(C)=O)[C@@H](OS(=O)(=O)C(F)(F)F)[C@@H](OC(C)=O)[C@@H]1OC(C)=O.CN1CCCCN(C)CCCCN(C)CCN(C)CCCC1. The Kier molecular flexibility index (Phi) is 36.1. The molecule has 0 amide bonds. The number of halogens is 3. The molecule has 3 fully saturated rings. The van der Waals surface area contributed by atoms with E-state index in [1.54, 1.807) is 0 Å². The van der Waals surface area contributed by atoms with Gasteiger partial charge in [-0.05, 0) is 184 Å². The number of esters is 4. The Hall–Kier alpha value is -2.78. The fourth-order valence-corrected chi connectivity index (χ4v) is 8.29. The first kappa shape index (κ1) is 66.2. The van der Waals surface area contributed by atoms with Crippen LogP contribution in [0.3, 0.4) is 0 Å². The van der Waals surface area contributed by atoms with E-state index in [2.05, 4.69) is 78.0 Å². The van der Waals surface area contributed by atoms with Gasteiger partial charge in [0.25, 0.3) is 0 Å². The molecule has 20 nitrogen and oxygen atoms in total. The van der Waals surface area contributed by atoms with Gasteiger partial charge in [-0.3, -0.25) is 19.2 Å². The van der Waals surface area contributed by atoms with Crippen LogP contribution in [-0.4, -0.2) is 228 Å². The molecule has 0 saturated carbocycles. The summed E-state index contributed by atoms with van der Waals surface area (Å²) >= 11 is 0. The van der Waals surface area contributed by atoms with Gasteiger partial charge in [0.2, 0.25) is 6.29 Å². The fourth-order valence-electron chi connectivity index (χ4n) is 7.69. The lowest BCUT2D eigenvalue weighted by molar-refractivity contribution is -0.292. The molecule has 3 saturated heterocycles. The van der Waals surface area contributed by atoms with Gasteiger partial charge in [-0.25, -0.2) is 4.18 Å². The zero-order valence-electron chi connectivity index (χ0n) is 44.1. The summed E-state index contributed by atoms with van der Waals surface area (Å²) in [7, 11) is 2.78. The first-order chi connectivity index (χ1) is 33.6. The lowest BCUT2D eigenvalue weighted by atomic mass is 9.98. The number of nitrogens with zero attached hydrogens (tertiary/aromatic N) is 4. The van der Waals surface area contributed by atoms with E-state index in [0.29, 0.717) is 0 Å². The molecule has 0 spiro atoms. The van der Waals surface area contributed by atoms with E-state index in [1.807, 2.05) is 0 Å². The summed E-state index contributed by atoms with van der Waals surface area (Å²) in [6.07, 6.45) is 5.69. The summed E-state index contributed by atoms with van der Waals surface area (Å²) in [5, 5.41) is 14.0. The van der Waals surface area contributed by atoms with Gasteiger partial charge in [-0.1, -0.05) is 0 Å². The minimum atomic E-state index is -6.32. The summed E-state index contributed by atoms with van der Waals surface area (Å²) in [6, 6.07) is 0. The predicted molar refractivity (Wildman–Crippen MR) is 265 cm³/mol. The monoisotopic (exact) mass is 1050 g/mol. The Balaban J connectivity index is 0.000000555. The number of hydrogen-bond acceptors (Lipinski definition) is 20. The first-order valence-electron chi connectivity index (χ1n) is 25.5. The van der Waals surface area contributed by atoms with Crippen molar-refractivity contribution in [3.05, 3.63) is 0 Å². The number of nitrogens with one attached hydrogen (secondary N) is 4. The molecule has 3 heterocycles. The number of hydrogen-bond donors (Lipinski definition) is 4. The Labute approximate surface area is 422 Å². The van der Waals surface area contributed by atoms with Crippen molar-refractivity contribution in [3.63, 3.8) is 0 Å². The van der Waals surface area contributed by atoms with Crippen LogP contribution in [0.4, 0.5) is 13.2 Å². The molecule has 0 aromatic carbocycles. The molecule has 71 heavy (non-hydrogen) atoms. The Morgan fingerprint density at radius 3 is 1.13 bits per heavy atom. The van der Waals surface area contributed by atoms with E-state index in [9.17, 15) is 40.8 Å². The zero-order valence-corrected chi connectivity index (χ0v) is 44.9. The maximum Gasteiger partial charge on any atom is 0.523 e. The van der Waals surface area contributed by atoms with Crippen LogP contribution in [0.15, 0.2) is 0 Å². The van der Waals surface area contributed by atoms with Gasteiger partial charge in [0.1, 0.15) is 12.7 Å². The molecule has 0 radical (unpaired) electrons. The minimum Gasteiger partial charge on any atom is -0.463 e. The quantitative estimate of drug-likeness (QED) is 0.125. The molecule has 0 aromatic rings. The fraction of sp³-hybridized carbons (Fsp3) is 0.915. The molecular weight excluding hydrogens is 958 g/mol. The van der Waals surface area contributed by atoms with Crippen LogP contribution < -0.4 is 21.3 Å². The second kappa shape index (κ2) is 38.7. The van der Waals surface area contributed by atoms with Crippen molar-refractivity contribution >= 4 is 34.0 Å². The molecule has 0 unspecified atom stereocenters. The lowest BCUT2D eigenvalue weighted by Gasteiger charge is -2.43. The highest BCUT2D eigenvalue weighted by atomic mass is 32.2. The molecule has 3 rings (SSSR count). The molecular formula is C47H91F3N8O12S. The third-order valence-corrected chi connectivity index (χ3v) is 12.7. The number of likely N-dealkylation sites (N-methyl/N-ethyl adjacent to an activating group) is 2. The molecule has 0 aromatic heterocycles. The standard InChI is InChI=1S/C18H40N4.C15H19F3O12S.C14H32N4/c1-19-11-5-6-12-20(2)14-8-10-16-22(4)18-17-21(3)15-9-7-13-19;1-6(19)25-5-10-11(26-7(2)20)12(27-8(3)21)13(14(29-10)28-9(4)22)30-31(23,24)15(16,17)18;1-2-8-16-10-4-6-12-18-14-13-17-11-5-3-9-15-7-1/h5-18H2,1-4H3;10-14H,5H2,1-4H3;15-18H,1-14H2/t;10-,11-,12+,13+,14-;/m.1./s1. The topological polar surface area (TPSA) is 219 Å². The number of alkyl halides is 3. The van der Waals surface area contributed by atoms with Gasteiger partial charge < -0.3 is 64.6 Å². The van der Waals surface area contributed by atoms with E-state index in [4.69, 9.17) is 18.9 Å². The Morgan fingerprint density at radius 1 is 0.479 bits per heavy atom. The number of ether oxygens (including phenoxy) is 5. The summed E-state index contributed by atoms with van der Waals surface area (Å²) in [4.78, 5) is 55.5. The molecule has 4 N–H and O–H groups in total. The molecule has 418 valence electrons. The third kappa shape index (κ3) is 33.6. The van der Waals surface area contributed by atoms with Crippen LogP contribution in [0.5, 0.6) is 0 Å². The molecule has 0 bridgehead atoms. The maximum atomic E-state index is 12.8. The largest absolute Gasteiger partial charge is 0.523 e. The van der Waals surface area contributed by atoms with Crippen molar-refractivity contribution in [2.24, 2.45) is 0 Å². The van der Waals surface area contributed by atoms with E-state index >= 15 is 0 Å². The molecule has 0 aliphatic carbocycles. The van der Waals surface area contributed by atoms with Crippen molar-refractivity contribution < 1.29 is 68.6 Å². The smallest absolute Gasteiger partial charge is 0.463 e. The van der Waals surface area contributed by atoms with Crippen LogP contribution in [-0.2, 0) is 57.2 Å². The normalized spacial score (nSPS) is 25.6. The summed E-state index contributed by atoms with van der Waals surface area (Å²) in [5.74, 6) is -4.16. The molecule has 5 atom stereocenters. The van der Waals surface area contributed by atoms with Gasteiger partial charge in [0, 0.05) is 53.9 Å². The number of rotatable bonds is 7. The number of carbonyl (C=O) groups excluding carboxylic acids is 4. The van der Waals surface area contributed by atoms with Crippen LogP contribution in [0.25, 0.3) is 0 Å². The highest BCUT2D eigenvalue weighted by molar-refractivity contribution is 7.87. The summed E-state index contributed by atoms with van der Waals surface area (Å²) in [5.41, 5.74) is -5.90. The van der Waals surface area contributed by atoms with Gasteiger partial charge in [0.15, 0.2) is 18.3 Å². The summed E-state index contributed by atoms with van der Waals surface area (Å²) in [6.45, 7) is 22.0. The van der Waals surface area contributed by atoms with Crippen molar-refractivity contribution in [3.8, 4) is 0 Å². The predicted octanol–water partition coefficient (Wildman–Crippen LogP) is 2.70. The van der Waals surface area contributed by atoms with Gasteiger partial charge in [0.05, 0.1) is 0 Å². The van der Waals surface area contributed by atoms with E-state index in [0.717, 1.165) is 53.9 Å². The van der Waals surface area contributed by atoms with Crippen LogP contribution >= 0.6 is 0 Å². The lowest BCUT2D eigenvalue weighted by Crippen LogP contribution is -2.63. The van der Waals surface area contributed by atoms with Gasteiger partial charge in [-0.2, -0.15) is 21.6 Å². The minimum absolute atomic E-state index is 0.693. The maximum absolute atomic E-state index is 12.8. The summed E-state index contributed by atoms with van der Waals surface area (Å²) < 4.78 is 90.1. The van der Waals surface area contributed by atoms with Crippen molar-refractivity contribution in [2.75, 3.05) is 140 Å². The van der Waals surface area contributed by atoms with Crippen molar-refractivity contribution in [1.29, 1.82) is 0 Å². The van der Waals surface area contributed by atoms with E-state index in [1.165, 1.54) is 156 Å². The van der Waals surface area contributed by atoms with Crippen LogP contribution in [0, 0.1) is 0 Å². The Morgan fingerprint density at radius 2 is 0.803 bits per heavy atom. The average molecular weight is 1050 g/mol. The van der Waals surface area contributed by atoms with E-state index < -0.39 is 76.8 Å². The third-order valence-electron chi connectivity index (χ3n) is 11.7. The number of carbonyl (C=O) groups is 4. The Bertz CT molecular complexity index is 1460. The zero-order chi connectivity index (χ0) is 53.1. The highest BCUT2D eigenvalue weighted by Crippen LogP contribution is 2.34. The van der Waals surface area contributed by atoms with Gasteiger partial charge in [-0.15, -0.1) is 0 Å². The molecule has 24 heteroatoms. The van der Waals surface area contributed by atoms with Crippen LogP contribution in [0.2, 0.25) is 0 Å². The van der Waals surface area contributed by atoms with Crippen molar-refractivity contribution in [2.45, 2.75) is 141 Å². The van der Waals surface area contributed by atoms with Crippen LogP contribution in [0.1, 0.15) is 105 Å². The molecule has 3 aliphatic heterocycles.